The number of hydrazone groups is 1. The fraction of sp³-hybridized carbons (Fsp3) is 0.417. The van der Waals surface area contributed by atoms with Crippen molar-refractivity contribution in [2.45, 2.75) is 25.1 Å². The number of nitrogens with one attached hydrogen (secondary N) is 2. The van der Waals surface area contributed by atoms with E-state index in [-0.39, 0.29) is 11.3 Å². The topological polar surface area (TPSA) is 81.4 Å². The highest BCUT2D eigenvalue weighted by Gasteiger charge is 2.45. The summed E-state index contributed by atoms with van der Waals surface area (Å²) in [6.45, 7) is 0. The predicted molar refractivity (Wildman–Crippen MR) is 77.9 cm³/mol. The number of nitrogens with zero attached hydrogens (tertiary/aromatic N) is 3. The summed E-state index contributed by atoms with van der Waals surface area (Å²) >= 11 is 5.51. The summed E-state index contributed by atoms with van der Waals surface area (Å²) in [6, 6.07) is 0. The lowest BCUT2D eigenvalue weighted by molar-refractivity contribution is -0.165. The van der Waals surface area contributed by atoms with Gasteiger partial charge in [0.25, 0.3) is 0 Å². The van der Waals surface area contributed by atoms with Crippen molar-refractivity contribution in [3.8, 4) is 0 Å². The highest BCUT2D eigenvalue weighted by atomic mass is 35.5. The zero-order valence-corrected chi connectivity index (χ0v) is 12.8. The summed E-state index contributed by atoms with van der Waals surface area (Å²) in [6.07, 6.45) is -10.4. The Morgan fingerprint density at radius 3 is 2.56 bits per heavy atom. The zero-order chi connectivity index (χ0) is 18.8. The molecule has 0 spiro atoms. The molecular weight excluding hydrogens is 380 g/mol. The van der Waals surface area contributed by atoms with E-state index in [1.165, 1.54) is 0 Å². The minimum absolute atomic E-state index is 0.228. The maximum absolute atomic E-state index is 12.8. The molecule has 2 unspecified atom stereocenters. The molecule has 0 aromatic carbocycles. The lowest BCUT2D eigenvalue weighted by atomic mass is 9.90. The summed E-state index contributed by atoms with van der Waals surface area (Å²) in [5.41, 5.74) is 0.451. The Hall–Kier alpha value is -2.08. The van der Waals surface area contributed by atoms with Gasteiger partial charge in [0, 0.05) is 5.57 Å². The van der Waals surface area contributed by atoms with Crippen molar-refractivity contribution in [2.75, 3.05) is 0 Å². The van der Waals surface area contributed by atoms with Gasteiger partial charge in [0.2, 0.25) is 17.6 Å². The molecule has 2 rings (SSSR count). The Kier molecular flexibility index (Phi) is 5.42. The van der Waals surface area contributed by atoms with E-state index in [2.05, 4.69) is 25.8 Å². The second-order valence-corrected chi connectivity index (χ2v) is 5.29. The molecule has 0 aromatic heterocycles. The molecule has 0 amide bonds. The van der Waals surface area contributed by atoms with Gasteiger partial charge in [0.05, 0.1) is 12.1 Å². The van der Waals surface area contributed by atoms with Crippen LogP contribution in [0.25, 0.3) is 0 Å². The van der Waals surface area contributed by atoms with Crippen LogP contribution in [0.5, 0.6) is 0 Å². The molecule has 2 atom stereocenters. The van der Waals surface area contributed by atoms with Crippen LogP contribution in [0, 0.1) is 5.92 Å². The number of hydrogen-bond donors (Lipinski definition) is 3. The minimum atomic E-state index is -4.88. The minimum Gasteiger partial charge on any atom is -0.355 e. The van der Waals surface area contributed by atoms with Gasteiger partial charge in [0.1, 0.15) is 0 Å². The number of alkyl halides is 6. The summed E-state index contributed by atoms with van der Waals surface area (Å²) in [7, 11) is 0. The van der Waals surface area contributed by atoms with Crippen LogP contribution in [0.2, 0.25) is 0 Å². The summed E-state index contributed by atoms with van der Waals surface area (Å²) in [4.78, 5) is 7.06. The van der Waals surface area contributed by atoms with Crippen LogP contribution in [-0.2, 0) is 0 Å². The molecule has 0 bridgehead atoms. The first-order chi connectivity index (χ1) is 11.4. The first-order valence-electron chi connectivity index (χ1n) is 6.57. The fourth-order valence-electron chi connectivity index (χ4n) is 1.95. The molecule has 0 radical (unpaired) electrons. The number of aliphatic hydroxyl groups is 1. The monoisotopic (exact) mass is 389 g/mol. The van der Waals surface area contributed by atoms with Gasteiger partial charge < -0.3 is 10.4 Å². The van der Waals surface area contributed by atoms with Crippen LogP contribution in [0.1, 0.15) is 6.42 Å². The predicted octanol–water partition coefficient (Wildman–Crippen LogP) is 2.39. The molecule has 6 nitrogen and oxygen atoms in total. The molecule has 0 aromatic rings. The van der Waals surface area contributed by atoms with E-state index in [1.807, 2.05) is 0 Å². The second-order valence-electron chi connectivity index (χ2n) is 4.93. The van der Waals surface area contributed by atoms with Gasteiger partial charge in [-0.2, -0.15) is 41.4 Å². The number of halogens is 7. The number of aliphatic hydroxyl groups excluding tert-OH is 1. The Morgan fingerprint density at radius 2 is 2.00 bits per heavy atom. The van der Waals surface area contributed by atoms with E-state index in [0.29, 0.717) is 12.2 Å². The Labute approximate surface area is 141 Å². The number of rotatable bonds is 2. The smallest absolute Gasteiger partial charge is 0.355 e. The van der Waals surface area contributed by atoms with Crippen molar-refractivity contribution in [3.63, 3.8) is 0 Å². The van der Waals surface area contributed by atoms with Crippen LogP contribution in [0.3, 0.4) is 0 Å². The average molecular weight is 390 g/mol. The lowest BCUT2D eigenvalue weighted by Crippen LogP contribution is -2.37. The average Bonchev–Trinajstić information content (AvgIpc) is 2.44. The fourth-order valence-corrected chi connectivity index (χ4v) is 2.13. The van der Waals surface area contributed by atoms with Crippen LogP contribution in [0.4, 0.5) is 26.3 Å². The number of guanidine groups is 1. The number of hydrogen-bond acceptors (Lipinski definition) is 6. The van der Waals surface area contributed by atoms with Crippen molar-refractivity contribution in [3.05, 3.63) is 23.3 Å². The number of aliphatic imine (C=N–C) groups is 2. The molecule has 0 fully saturated rings. The molecule has 138 valence electrons. The molecule has 3 N–H and O–H groups in total. The zero-order valence-electron chi connectivity index (χ0n) is 12.0. The maximum Gasteiger partial charge on any atom is 0.412 e. The van der Waals surface area contributed by atoms with Gasteiger partial charge in [-0.1, -0.05) is 6.08 Å². The van der Waals surface area contributed by atoms with Crippen LogP contribution in [-0.4, -0.2) is 41.3 Å². The third-order valence-electron chi connectivity index (χ3n) is 3.03. The van der Waals surface area contributed by atoms with E-state index < -0.39 is 42.2 Å². The largest absolute Gasteiger partial charge is 0.412 e. The van der Waals surface area contributed by atoms with E-state index >= 15 is 0 Å². The third kappa shape index (κ3) is 5.46. The molecule has 1 aliphatic heterocycles. The molecule has 0 saturated heterocycles. The van der Waals surface area contributed by atoms with Gasteiger partial charge in [-0.15, -0.1) is 0 Å². The summed E-state index contributed by atoms with van der Waals surface area (Å²) < 4.78 is 76.7. The van der Waals surface area contributed by atoms with E-state index in [4.69, 9.17) is 11.6 Å². The number of amidine groups is 1. The van der Waals surface area contributed by atoms with E-state index in [0.717, 1.165) is 6.21 Å². The van der Waals surface area contributed by atoms with Gasteiger partial charge in [-0.25, -0.2) is 5.43 Å². The van der Waals surface area contributed by atoms with Gasteiger partial charge in [-0.05, 0) is 29.7 Å². The molecule has 1 aliphatic carbocycles. The van der Waals surface area contributed by atoms with Crippen LogP contribution in [0.15, 0.2) is 38.4 Å². The Balaban J connectivity index is 2.17. The Bertz CT molecular complexity index is 678. The van der Waals surface area contributed by atoms with Gasteiger partial charge in [0.15, 0.2) is 0 Å². The third-order valence-corrected chi connectivity index (χ3v) is 3.23. The quantitative estimate of drug-likeness (QED) is 0.293. The second kappa shape index (κ2) is 7.04. The van der Waals surface area contributed by atoms with Crippen molar-refractivity contribution in [2.24, 2.45) is 21.0 Å². The van der Waals surface area contributed by atoms with Crippen LogP contribution >= 0.6 is 11.6 Å². The highest BCUT2D eigenvalue weighted by molar-refractivity contribution is 6.65. The molecule has 1 heterocycles. The van der Waals surface area contributed by atoms with Crippen LogP contribution < -0.4 is 10.7 Å². The lowest BCUT2D eigenvalue weighted by Gasteiger charge is -2.24. The van der Waals surface area contributed by atoms with Gasteiger partial charge >= 0.3 is 12.4 Å². The van der Waals surface area contributed by atoms with Crippen molar-refractivity contribution >= 4 is 29.1 Å². The van der Waals surface area contributed by atoms with Crippen molar-refractivity contribution in [1.82, 2.24) is 10.7 Å². The number of allylic oxidation sites excluding steroid dienone is 4. The van der Waals surface area contributed by atoms with Crippen molar-refractivity contribution in [1.29, 1.82) is 0 Å². The first-order valence-corrected chi connectivity index (χ1v) is 6.95. The normalized spacial score (nSPS) is 25.0. The summed E-state index contributed by atoms with van der Waals surface area (Å²) in [5.74, 6) is -2.56. The SMILES string of the molecule is OC1N=C(N/N=C/C2=CC(C(F)(F)F)CC(C(F)(F)F)=C2)N=C(Cl)N1. The standard InChI is InChI=1S/C12H10ClF6N5O/c13-8-21-9(23-10(25)22-8)24-20-4-5-1-6(11(14,15)16)3-7(2-5)12(17,18)19/h1-2,4,6,10,25H,3H2,(H2,21,22,23,24)/b20-4+. The van der Waals surface area contributed by atoms with E-state index in [1.54, 1.807) is 0 Å². The first kappa shape index (κ1) is 19.2. The maximum atomic E-state index is 12.8. The molecule has 13 heteroatoms. The highest BCUT2D eigenvalue weighted by Crippen LogP contribution is 2.41. The molecule has 25 heavy (non-hydrogen) atoms. The van der Waals surface area contributed by atoms with Gasteiger partial charge in [-0.3, -0.25) is 0 Å². The van der Waals surface area contributed by atoms with E-state index in [9.17, 15) is 31.4 Å². The molecule has 0 saturated carbocycles. The molecular formula is C12H10ClF6N5O. The Morgan fingerprint density at radius 1 is 1.32 bits per heavy atom. The van der Waals surface area contributed by atoms with Crippen molar-refractivity contribution < 1.29 is 31.4 Å². The summed E-state index contributed by atoms with van der Waals surface area (Å²) in [5, 5.41) is 14.7. The molecule has 2 aliphatic rings.